The first kappa shape index (κ1) is 22.2. The quantitative estimate of drug-likeness (QED) is 0.623. The minimum absolute atomic E-state index is 0.179. The Morgan fingerprint density at radius 2 is 1.71 bits per heavy atom. The minimum atomic E-state index is -3.88. The molecule has 152 valence electrons. The number of halogens is 2. The molecule has 1 amide bonds. The highest BCUT2D eigenvalue weighted by Crippen LogP contribution is 2.24. The van der Waals surface area contributed by atoms with Gasteiger partial charge in [0.05, 0.1) is 11.9 Å². The number of rotatable bonds is 9. The number of nitrogens with zero attached hydrogens (tertiary/aromatic N) is 1. The summed E-state index contributed by atoms with van der Waals surface area (Å²) in [6, 6.07) is 10.7. The van der Waals surface area contributed by atoms with E-state index in [9.17, 15) is 22.0 Å². The van der Waals surface area contributed by atoms with Gasteiger partial charge in [0.1, 0.15) is 17.7 Å². The van der Waals surface area contributed by atoms with E-state index in [0.717, 1.165) is 16.6 Å². The van der Waals surface area contributed by atoms with Gasteiger partial charge in [-0.2, -0.15) is 11.8 Å². The van der Waals surface area contributed by atoms with E-state index in [1.807, 2.05) is 0 Å². The van der Waals surface area contributed by atoms with Crippen LogP contribution in [0.4, 0.5) is 14.5 Å². The van der Waals surface area contributed by atoms with E-state index in [1.165, 1.54) is 43.0 Å². The summed E-state index contributed by atoms with van der Waals surface area (Å²) >= 11 is 1.44. The van der Waals surface area contributed by atoms with Crippen LogP contribution in [-0.2, 0) is 20.6 Å². The summed E-state index contributed by atoms with van der Waals surface area (Å²) in [6.45, 7) is 1.67. The van der Waals surface area contributed by atoms with Gasteiger partial charge < -0.3 is 5.32 Å². The van der Waals surface area contributed by atoms with Gasteiger partial charge in [0.2, 0.25) is 15.9 Å². The number of para-hydroxylation sites is 1. The number of amides is 1. The van der Waals surface area contributed by atoms with Crippen LogP contribution in [0, 0.1) is 11.6 Å². The summed E-state index contributed by atoms with van der Waals surface area (Å²) < 4.78 is 52.7. The Bertz CT molecular complexity index is 923. The fraction of sp³-hybridized carbons (Fsp3) is 0.316. The molecule has 1 atom stereocenters. The first-order chi connectivity index (χ1) is 13.2. The van der Waals surface area contributed by atoms with E-state index in [-0.39, 0.29) is 18.0 Å². The van der Waals surface area contributed by atoms with Gasteiger partial charge in [-0.05, 0) is 30.7 Å². The molecule has 2 rings (SSSR count). The molecule has 0 aromatic heterocycles. The maximum atomic E-state index is 14.1. The molecule has 0 bridgehead atoms. The van der Waals surface area contributed by atoms with Gasteiger partial charge in [-0.1, -0.05) is 30.3 Å². The lowest BCUT2D eigenvalue weighted by Gasteiger charge is -2.28. The van der Waals surface area contributed by atoms with E-state index >= 15 is 0 Å². The molecule has 2 aromatic carbocycles. The molecule has 0 aliphatic rings. The molecule has 0 saturated carbocycles. The van der Waals surface area contributed by atoms with Crippen LogP contribution in [0.1, 0.15) is 12.5 Å². The molecule has 28 heavy (non-hydrogen) atoms. The summed E-state index contributed by atoms with van der Waals surface area (Å²) in [7, 11) is -3.88. The van der Waals surface area contributed by atoms with Gasteiger partial charge in [-0.15, -0.1) is 0 Å². The molecular weight excluding hydrogens is 406 g/mol. The largest absolute Gasteiger partial charge is 0.353 e. The normalized spacial score (nSPS) is 12.4. The van der Waals surface area contributed by atoms with Gasteiger partial charge in [-0.3, -0.25) is 9.10 Å². The van der Waals surface area contributed by atoms with Crippen LogP contribution in [0.15, 0.2) is 48.5 Å². The molecule has 0 saturated heterocycles. The van der Waals surface area contributed by atoms with Crippen LogP contribution in [0.2, 0.25) is 0 Å². The molecule has 0 radical (unpaired) electrons. The lowest BCUT2D eigenvalue weighted by molar-refractivity contribution is -0.121. The van der Waals surface area contributed by atoms with Gasteiger partial charge in [0, 0.05) is 18.1 Å². The molecule has 1 N–H and O–H groups in total. The molecule has 0 spiro atoms. The summed E-state index contributed by atoms with van der Waals surface area (Å²) in [5, 5.41) is 2.64. The highest BCUT2D eigenvalue weighted by Gasteiger charge is 2.30. The highest BCUT2D eigenvalue weighted by atomic mass is 32.2. The average Bonchev–Trinajstić information content (AvgIpc) is 2.63. The zero-order valence-corrected chi connectivity index (χ0v) is 17.2. The second-order valence-corrected chi connectivity index (χ2v) is 9.09. The minimum Gasteiger partial charge on any atom is -0.353 e. The lowest BCUT2D eigenvalue weighted by Crippen LogP contribution is -2.48. The molecule has 0 fully saturated rings. The SMILES string of the molecule is CC(C(=O)NCCSCc1ccccc1F)N(c1ccccc1F)S(C)(=O)=O. The van der Waals surface area contributed by atoms with Crippen LogP contribution < -0.4 is 9.62 Å². The molecule has 9 heteroatoms. The van der Waals surface area contributed by atoms with Crippen LogP contribution in [0.25, 0.3) is 0 Å². The van der Waals surface area contributed by atoms with E-state index in [4.69, 9.17) is 0 Å². The molecule has 0 heterocycles. The average molecular weight is 429 g/mol. The fourth-order valence-electron chi connectivity index (χ4n) is 2.60. The number of carbonyl (C=O) groups is 1. The molecule has 1 unspecified atom stereocenters. The van der Waals surface area contributed by atoms with Crippen LogP contribution in [-0.4, -0.2) is 38.9 Å². The number of sulfonamides is 1. The summed E-state index contributed by atoms with van der Waals surface area (Å²) in [6.07, 6.45) is 0.924. The van der Waals surface area contributed by atoms with E-state index in [2.05, 4.69) is 5.32 Å². The monoisotopic (exact) mass is 428 g/mol. The van der Waals surface area contributed by atoms with Crippen molar-refractivity contribution in [3.63, 3.8) is 0 Å². The Morgan fingerprint density at radius 3 is 2.32 bits per heavy atom. The fourth-order valence-corrected chi connectivity index (χ4v) is 4.62. The Labute approximate surface area is 168 Å². The summed E-state index contributed by atoms with van der Waals surface area (Å²) in [5.41, 5.74) is 0.400. The van der Waals surface area contributed by atoms with Crippen molar-refractivity contribution in [2.75, 3.05) is 22.9 Å². The van der Waals surface area contributed by atoms with Crippen LogP contribution in [0.5, 0.6) is 0 Å². The van der Waals surface area contributed by atoms with Crippen molar-refractivity contribution in [1.29, 1.82) is 0 Å². The zero-order valence-electron chi connectivity index (χ0n) is 15.6. The molecule has 2 aromatic rings. The second-order valence-electron chi connectivity index (χ2n) is 6.12. The van der Waals surface area contributed by atoms with Crippen molar-refractivity contribution in [2.45, 2.75) is 18.7 Å². The smallest absolute Gasteiger partial charge is 0.243 e. The van der Waals surface area contributed by atoms with E-state index in [1.54, 1.807) is 18.2 Å². The Kier molecular flexibility index (Phi) is 7.82. The van der Waals surface area contributed by atoms with Gasteiger partial charge in [-0.25, -0.2) is 17.2 Å². The first-order valence-electron chi connectivity index (χ1n) is 8.54. The van der Waals surface area contributed by atoms with Crippen molar-refractivity contribution in [3.05, 3.63) is 65.7 Å². The molecule has 5 nitrogen and oxygen atoms in total. The maximum Gasteiger partial charge on any atom is 0.243 e. The third-order valence-electron chi connectivity index (χ3n) is 3.94. The number of anilines is 1. The Morgan fingerprint density at radius 1 is 1.11 bits per heavy atom. The van der Waals surface area contributed by atoms with Crippen molar-refractivity contribution in [2.24, 2.45) is 0 Å². The van der Waals surface area contributed by atoms with Gasteiger partial charge in [0.15, 0.2) is 0 Å². The van der Waals surface area contributed by atoms with Gasteiger partial charge >= 0.3 is 0 Å². The molecule has 0 aliphatic carbocycles. The van der Waals surface area contributed by atoms with Crippen molar-refractivity contribution < 1.29 is 22.0 Å². The van der Waals surface area contributed by atoms with Crippen LogP contribution >= 0.6 is 11.8 Å². The standard InChI is InChI=1S/C19H22F2N2O3S2/c1-14(23(28(2,25)26)18-10-6-5-9-17(18)21)19(24)22-11-12-27-13-15-7-3-4-8-16(15)20/h3-10,14H,11-13H2,1-2H3,(H,22,24). The maximum absolute atomic E-state index is 14.1. The highest BCUT2D eigenvalue weighted by molar-refractivity contribution is 7.98. The Hall–Kier alpha value is -2.13. The summed E-state index contributed by atoms with van der Waals surface area (Å²) in [4.78, 5) is 12.4. The van der Waals surface area contributed by atoms with Crippen molar-refractivity contribution in [3.8, 4) is 0 Å². The number of hydrogen-bond donors (Lipinski definition) is 1. The van der Waals surface area contributed by atoms with Crippen molar-refractivity contribution in [1.82, 2.24) is 5.32 Å². The molecule has 0 aliphatic heterocycles. The van der Waals surface area contributed by atoms with Gasteiger partial charge in [0.25, 0.3) is 0 Å². The number of carbonyl (C=O) groups excluding carboxylic acids is 1. The second kappa shape index (κ2) is 9.88. The summed E-state index contributed by atoms with van der Waals surface area (Å²) in [5.74, 6) is -0.566. The molecular formula is C19H22F2N2O3S2. The Balaban J connectivity index is 1.93. The topological polar surface area (TPSA) is 66.5 Å². The number of thioether (sulfide) groups is 1. The third kappa shape index (κ3) is 5.93. The number of benzene rings is 2. The van der Waals surface area contributed by atoms with E-state index < -0.39 is 27.8 Å². The van der Waals surface area contributed by atoms with Crippen molar-refractivity contribution >= 4 is 33.4 Å². The number of nitrogens with one attached hydrogen (secondary N) is 1. The van der Waals surface area contributed by atoms with E-state index in [0.29, 0.717) is 17.1 Å². The number of hydrogen-bond acceptors (Lipinski definition) is 4. The zero-order chi connectivity index (χ0) is 20.7. The third-order valence-corrected chi connectivity index (χ3v) is 6.17. The van der Waals surface area contributed by atoms with Crippen LogP contribution in [0.3, 0.4) is 0 Å². The lowest BCUT2D eigenvalue weighted by atomic mass is 10.2. The predicted molar refractivity (Wildman–Crippen MR) is 109 cm³/mol. The predicted octanol–water partition coefficient (Wildman–Crippen LogP) is 3.17. The first-order valence-corrected chi connectivity index (χ1v) is 11.5.